The van der Waals surface area contributed by atoms with E-state index in [0.29, 0.717) is 12.1 Å². The Morgan fingerprint density at radius 3 is 2.75 bits per heavy atom. The zero-order chi connectivity index (χ0) is 14.1. The van der Waals surface area contributed by atoms with Gasteiger partial charge in [0.05, 0.1) is 7.11 Å². The normalized spacial score (nSPS) is 25.6. The standard InChI is InChI=1S/C16H20N2O2/c1-17-10-14-9-13(17)11-18(14)15-6-4-3-5-12(15)7-8-16(19)20-2/h3-8,13-14H,9-11H2,1-2H3/b8-7+. The fraction of sp³-hybridized carbons (Fsp3) is 0.438. The number of anilines is 1. The van der Waals surface area contributed by atoms with E-state index in [2.05, 4.69) is 33.7 Å². The van der Waals surface area contributed by atoms with Crippen molar-refractivity contribution in [1.82, 2.24) is 4.90 Å². The molecule has 4 nitrogen and oxygen atoms in total. The molecular formula is C16H20N2O2. The van der Waals surface area contributed by atoms with Crippen molar-refractivity contribution in [1.29, 1.82) is 0 Å². The van der Waals surface area contributed by atoms with Gasteiger partial charge in [-0.05, 0) is 31.2 Å². The van der Waals surface area contributed by atoms with E-state index in [1.807, 2.05) is 18.2 Å². The summed E-state index contributed by atoms with van der Waals surface area (Å²) in [4.78, 5) is 16.2. The van der Waals surface area contributed by atoms with E-state index >= 15 is 0 Å². The summed E-state index contributed by atoms with van der Waals surface area (Å²) in [6.45, 7) is 2.20. The summed E-state index contributed by atoms with van der Waals surface area (Å²) in [5.41, 5.74) is 2.29. The third-order valence-electron chi connectivity index (χ3n) is 4.36. The van der Waals surface area contributed by atoms with Gasteiger partial charge in [0.2, 0.25) is 0 Å². The van der Waals surface area contributed by atoms with Gasteiger partial charge < -0.3 is 9.64 Å². The van der Waals surface area contributed by atoms with Crippen molar-refractivity contribution in [3.8, 4) is 0 Å². The van der Waals surface area contributed by atoms with Crippen LogP contribution in [-0.2, 0) is 9.53 Å². The van der Waals surface area contributed by atoms with Crippen LogP contribution in [0.25, 0.3) is 6.08 Å². The Morgan fingerprint density at radius 2 is 2.10 bits per heavy atom. The van der Waals surface area contributed by atoms with Crippen LogP contribution >= 0.6 is 0 Å². The van der Waals surface area contributed by atoms with Gasteiger partial charge in [-0.3, -0.25) is 4.90 Å². The number of piperazine rings is 1. The van der Waals surface area contributed by atoms with Gasteiger partial charge in [-0.2, -0.15) is 0 Å². The zero-order valence-corrected chi connectivity index (χ0v) is 12.0. The Balaban J connectivity index is 1.84. The molecule has 4 heteroatoms. The number of esters is 1. The van der Waals surface area contributed by atoms with Gasteiger partial charge in [0.25, 0.3) is 0 Å². The van der Waals surface area contributed by atoms with Crippen molar-refractivity contribution in [2.75, 3.05) is 32.1 Å². The van der Waals surface area contributed by atoms with Crippen molar-refractivity contribution >= 4 is 17.7 Å². The van der Waals surface area contributed by atoms with E-state index in [1.54, 1.807) is 0 Å². The fourth-order valence-electron chi connectivity index (χ4n) is 3.28. The highest BCUT2D eigenvalue weighted by molar-refractivity contribution is 5.88. The Labute approximate surface area is 119 Å². The van der Waals surface area contributed by atoms with Crippen LogP contribution in [0.15, 0.2) is 30.3 Å². The SMILES string of the molecule is COC(=O)/C=C/c1ccccc1N1CC2CC1CN2C. The number of methoxy groups -OCH3 is 1. The lowest BCUT2D eigenvalue weighted by molar-refractivity contribution is -0.134. The van der Waals surface area contributed by atoms with Crippen molar-refractivity contribution in [2.45, 2.75) is 18.5 Å². The molecule has 20 heavy (non-hydrogen) atoms. The molecule has 0 spiro atoms. The van der Waals surface area contributed by atoms with Gasteiger partial charge >= 0.3 is 5.97 Å². The van der Waals surface area contributed by atoms with Crippen LogP contribution in [0.3, 0.4) is 0 Å². The van der Waals surface area contributed by atoms with E-state index in [4.69, 9.17) is 0 Å². The highest BCUT2D eigenvalue weighted by Gasteiger charge is 2.41. The number of likely N-dealkylation sites (N-methyl/N-ethyl adjacent to an activating group) is 1. The molecule has 2 unspecified atom stereocenters. The molecule has 0 saturated carbocycles. The van der Waals surface area contributed by atoms with Crippen molar-refractivity contribution in [3.05, 3.63) is 35.9 Å². The number of para-hydroxylation sites is 1. The molecule has 1 aromatic rings. The molecule has 106 valence electrons. The second-order valence-corrected chi connectivity index (χ2v) is 5.55. The monoisotopic (exact) mass is 272 g/mol. The van der Waals surface area contributed by atoms with Crippen molar-refractivity contribution < 1.29 is 9.53 Å². The fourth-order valence-corrected chi connectivity index (χ4v) is 3.28. The third kappa shape index (κ3) is 2.31. The molecule has 0 radical (unpaired) electrons. The highest BCUT2D eigenvalue weighted by Crippen LogP contribution is 2.35. The largest absolute Gasteiger partial charge is 0.466 e. The van der Waals surface area contributed by atoms with Crippen molar-refractivity contribution in [2.24, 2.45) is 0 Å². The van der Waals surface area contributed by atoms with E-state index in [1.165, 1.54) is 25.3 Å². The summed E-state index contributed by atoms with van der Waals surface area (Å²) >= 11 is 0. The van der Waals surface area contributed by atoms with Gasteiger partial charge in [-0.25, -0.2) is 4.79 Å². The molecule has 0 N–H and O–H groups in total. The second kappa shape index (κ2) is 5.29. The number of likely N-dealkylation sites (tertiary alicyclic amines) is 1. The minimum atomic E-state index is -0.317. The first kappa shape index (κ1) is 13.2. The molecular weight excluding hydrogens is 252 g/mol. The predicted octanol–water partition coefficient (Wildman–Crippen LogP) is 1.77. The number of carbonyl (C=O) groups is 1. The molecule has 1 aromatic carbocycles. The summed E-state index contributed by atoms with van der Waals surface area (Å²) in [5.74, 6) is -0.317. The van der Waals surface area contributed by atoms with E-state index in [-0.39, 0.29) is 5.97 Å². The average molecular weight is 272 g/mol. The summed E-state index contributed by atoms with van der Waals surface area (Å²) < 4.78 is 4.65. The topological polar surface area (TPSA) is 32.8 Å². The lowest BCUT2D eigenvalue weighted by Crippen LogP contribution is -2.44. The Bertz CT molecular complexity index is 539. The van der Waals surface area contributed by atoms with Gasteiger partial charge in [-0.1, -0.05) is 18.2 Å². The average Bonchev–Trinajstić information content (AvgIpc) is 3.04. The van der Waals surface area contributed by atoms with Crippen LogP contribution in [0.2, 0.25) is 0 Å². The maximum Gasteiger partial charge on any atom is 0.330 e. The number of ether oxygens (including phenoxy) is 1. The Hall–Kier alpha value is -1.81. The number of fused-ring (bicyclic) bond motifs is 2. The number of carbonyl (C=O) groups excluding carboxylic acids is 1. The first-order chi connectivity index (χ1) is 9.69. The maximum atomic E-state index is 11.3. The van der Waals surface area contributed by atoms with Crippen LogP contribution in [0.1, 0.15) is 12.0 Å². The molecule has 3 rings (SSSR count). The first-order valence-electron chi connectivity index (χ1n) is 7.01. The second-order valence-electron chi connectivity index (χ2n) is 5.55. The number of benzene rings is 1. The summed E-state index contributed by atoms with van der Waals surface area (Å²) in [7, 11) is 3.60. The van der Waals surface area contributed by atoms with E-state index in [0.717, 1.165) is 18.7 Å². The van der Waals surface area contributed by atoms with Crippen molar-refractivity contribution in [3.63, 3.8) is 0 Å². The molecule has 0 amide bonds. The lowest BCUT2D eigenvalue weighted by atomic mass is 10.1. The number of nitrogens with zero attached hydrogens (tertiary/aromatic N) is 2. The highest BCUT2D eigenvalue weighted by atomic mass is 16.5. The van der Waals surface area contributed by atoms with Gasteiger partial charge in [0.1, 0.15) is 0 Å². The maximum absolute atomic E-state index is 11.3. The summed E-state index contributed by atoms with van der Waals surface area (Å²) in [6, 6.07) is 9.50. The summed E-state index contributed by atoms with van der Waals surface area (Å²) in [5, 5.41) is 0. The third-order valence-corrected chi connectivity index (χ3v) is 4.36. The van der Waals surface area contributed by atoms with Gasteiger partial charge in [-0.15, -0.1) is 0 Å². The number of hydrogen-bond donors (Lipinski definition) is 0. The van der Waals surface area contributed by atoms with E-state index in [9.17, 15) is 4.79 Å². The molecule has 2 aliphatic rings. The molecule has 2 bridgehead atoms. The quantitative estimate of drug-likeness (QED) is 0.620. The van der Waals surface area contributed by atoms with Crippen LogP contribution in [0, 0.1) is 0 Å². The van der Waals surface area contributed by atoms with Gasteiger partial charge in [0, 0.05) is 36.9 Å². The van der Waals surface area contributed by atoms with E-state index < -0.39 is 0 Å². The summed E-state index contributed by atoms with van der Waals surface area (Å²) in [6.07, 6.45) is 4.57. The molecule has 2 aliphatic heterocycles. The smallest absolute Gasteiger partial charge is 0.330 e. The Kier molecular flexibility index (Phi) is 3.49. The predicted molar refractivity (Wildman–Crippen MR) is 79.7 cm³/mol. The molecule has 0 aromatic heterocycles. The number of rotatable bonds is 3. The Morgan fingerprint density at radius 1 is 1.30 bits per heavy atom. The minimum Gasteiger partial charge on any atom is -0.466 e. The zero-order valence-electron chi connectivity index (χ0n) is 12.0. The van der Waals surface area contributed by atoms with Crippen LogP contribution in [0.5, 0.6) is 0 Å². The van der Waals surface area contributed by atoms with Crippen LogP contribution in [-0.4, -0.2) is 50.2 Å². The minimum absolute atomic E-state index is 0.317. The first-order valence-corrected chi connectivity index (χ1v) is 7.01. The molecule has 2 heterocycles. The van der Waals surface area contributed by atoms with Crippen LogP contribution in [0.4, 0.5) is 5.69 Å². The molecule has 2 atom stereocenters. The number of hydrogen-bond acceptors (Lipinski definition) is 4. The molecule has 0 aliphatic carbocycles. The van der Waals surface area contributed by atoms with Crippen LogP contribution < -0.4 is 4.90 Å². The van der Waals surface area contributed by atoms with Gasteiger partial charge in [0.15, 0.2) is 0 Å². The molecule has 2 saturated heterocycles. The molecule has 2 fully saturated rings. The lowest BCUT2D eigenvalue weighted by Gasteiger charge is -2.34.